The Balaban J connectivity index is 1.69. The van der Waals surface area contributed by atoms with Gasteiger partial charge in [0.15, 0.2) is 11.2 Å². The Hall–Kier alpha value is -2.75. The molecule has 1 atom stereocenters. The number of nitrogens with two attached hydrogens (primary N) is 1. The number of fused-ring (bicyclic) bond motifs is 1. The predicted molar refractivity (Wildman–Crippen MR) is 95.5 cm³/mol. The van der Waals surface area contributed by atoms with E-state index in [1.54, 1.807) is 4.57 Å². The van der Waals surface area contributed by atoms with Gasteiger partial charge in [0.1, 0.15) is 0 Å². The Bertz CT molecular complexity index is 893. The Morgan fingerprint density at radius 3 is 2.88 bits per heavy atom. The van der Waals surface area contributed by atoms with Gasteiger partial charge in [-0.1, -0.05) is 30.3 Å². The van der Waals surface area contributed by atoms with Gasteiger partial charge < -0.3 is 24.9 Å². The molecule has 3 rings (SSSR count). The number of aromatic amines is 1. The fraction of sp³-hybridized carbons (Fsp3) is 0.353. The molecule has 0 bridgehead atoms. The first-order valence-electron chi connectivity index (χ1n) is 8.22. The first-order valence-corrected chi connectivity index (χ1v) is 8.22. The zero-order valence-corrected chi connectivity index (χ0v) is 14.2. The van der Waals surface area contributed by atoms with Gasteiger partial charge in [-0.2, -0.15) is 4.98 Å². The van der Waals surface area contributed by atoms with Gasteiger partial charge in [-0.05, 0) is 5.56 Å². The van der Waals surface area contributed by atoms with E-state index in [-0.39, 0.29) is 36.3 Å². The van der Waals surface area contributed by atoms with Gasteiger partial charge in [0.25, 0.3) is 5.56 Å². The third-order valence-corrected chi connectivity index (χ3v) is 3.75. The van der Waals surface area contributed by atoms with Crippen molar-refractivity contribution in [1.82, 2.24) is 19.5 Å². The lowest BCUT2D eigenvalue weighted by Crippen LogP contribution is -2.27. The van der Waals surface area contributed by atoms with Crippen molar-refractivity contribution in [2.45, 2.75) is 19.3 Å². The number of aliphatic hydroxyl groups excluding tert-OH is 1. The number of rotatable bonds is 9. The van der Waals surface area contributed by atoms with Crippen LogP contribution < -0.4 is 11.3 Å². The lowest BCUT2D eigenvalue weighted by atomic mass is 10.2. The van der Waals surface area contributed by atoms with E-state index < -0.39 is 0 Å². The van der Waals surface area contributed by atoms with Crippen molar-refractivity contribution in [2.75, 3.05) is 25.6 Å². The highest BCUT2D eigenvalue weighted by Gasteiger charge is 2.15. The highest BCUT2D eigenvalue weighted by Crippen LogP contribution is 2.10. The lowest BCUT2D eigenvalue weighted by Gasteiger charge is -2.18. The van der Waals surface area contributed by atoms with Gasteiger partial charge in [0.05, 0.1) is 45.4 Å². The molecule has 2 aromatic heterocycles. The summed E-state index contributed by atoms with van der Waals surface area (Å²) in [5, 5.41) is 9.03. The van der Waals surface area contributed by atoms with E-state index in [0.717, 1.165) is 5.56 Å². The highest BCUT2D eigenvalue weighted by molar-refractivity contribution is 5.70. The molecule has 0 aliphatic rings. The topological polar surface area (TPSA) is 128 Å². The summed E-state index contributed by atoms with van der Waals surface area (Å²) in [7, 11) is 0. The number of hydrogen-bond acceptors (Lipinski definition) is 7. The van der Waals surface area contributed by atoms with Crippen molar-refractivity contribution in [1.29, 1.82) is 0 Å². The maximum atomic E-state index is 11.9. The van der Waals surface area contributed by atoms with Gasteiger partial charge in [0, 0.05) is 0 Å². The third-order valence-electron chi connectivity index (χ3n) is 3.75. The Morgan fingerprint density at radius 1 is 1.31 bits per heavy atom. The number of H-pyrrole nitrogens is 1. The van der Waals surface area contributed by atoms with E-state index in [4.69, 9.17) is 20.3 Å². The predicted octanol–water partition coefficient (Wildman–Crippen LogP) is 0.296. The second-order valence-electron chi connectivity index (χ2n) is 5.74. The summed E-state index contributed by atoms with van der Waals surface area (Å²) in [6, 6.07) is 9.80. The fourth-order valence-electron chi connectivity index (χ4n) is 2.58. The van der Waals surface area contributed by atoms with E-state index in [1.165, 1.54) is 6.33 Å². The standard InChI is InChI=1S/C17H21N5O4/c18-17-20-15-14(16(24)21-17)19-11-22(15)8-13(26-7-6-23)10-25-9-12-4-2-1-3-5-12/h1-5,11,13,23H,6-10H2,(H3,18,20,21,24). The maximum Gasteiger partial charge on any atom is 0.280 e. The third kappa shape index (κ3) is 4.45. The normalized spacial score (nSPS) is 12.5. The lowest BCUT2D eigenvalue weighted by molar-refractivity contribution is -0.0388. The summed E-state index contributed by atoms with van der Waals surface area (Å²) in [6.45, 7) is 1.22. The van der Waals surface area contributed by atoms with Crippen LogP contribution >= 0.6 is 0 Å². The molecule has 0 aliphatic carbocycles. The summed E-state index contributed by atoms with van der Waals surface area (Å²) < 4.78 is 13.1. The average Bonchev–Trinajstić information content (AvgIpc) is 3.03. The number of imidazole rings is 1. The molecule has 26 heavy (non-hydrogen) atoms. The summed E-state index contributed by atoms with van der Waals surface area (Å²) >= 11 is 0. The Kier molecular flexibility index (Phi) is 5.95. The molecule has 138 valence electrons. The SMILES string of the molecule is Nc1nc2c(ncn2CC(COCc2ccccc2)OCCO)c(=O)[nH]1. The number of aliphatic hydroxyl groups is 1. The van der Waals surface area contributed by atoms with Crippen molar-refractivity contribution in [3.63, 3.8) is 0 Å². The van der Waals surface area contributed by atoms with E-state index in [2.05, 4.69) is 15.0 Å². The minimum atomic E-state index is -0.389. The van der Waals surface area contributed by atoms with Gasteiger partial charge >= 0.3 is 0 Å². The molecule has 9 heteroatoms. The smallest absolute Gasteiger partial charge is 0.280 e. The van der Waals surface area contributed by atoms with Crippen LogP contribution in [0.4, 0.5) is 5.95 Å². The summed E-state index contributed by atoms with van der Waals surface area (Å²) in [5.41, 5.74) is 6.87. The quantitative estimate of drug-likeness (QED) is 0.501. The second-order valence-corrected chi connectivity index (χ2v) is 5.74. The van der Waals surface area contributed by atoms with Gasteiger partial charge in [-0.25, -0.2) is 4.98 Å². The molecule has 0 spiro atoms. The molecule has 0 saturated carbocycles. The number of nitrogens with one attached hydrogen (secondary N) is 1. The highest BCUT2D eigenvalue weighted by atomic mass is 16.5. The largest absolute Gasteiger partial charge is 0.394 e. The number of anilines is 1. The minimum Gasteiger partial charge on any atom is -0.394 e. The first-order chi connectivity index (χ1) is 12.7. The van der Waals surface area contributed by atoms with E-state index >= 15 is 0 Å². The number of aromatic nitrogens is 4. The summed E-state index contributed by atoms with van der Waals surface area (Å²) in [6.07, 6.45) is 1.17. The molecule has 2 heterocycles. The molecule has 3 aromatic rings. The van der Waals surface area contributed by atoms with E-state index in [9.17, 15) is 4.79 Å². The molecule has 0 radical (unpaired) electrons. The van der Waals surface area contributed by atoms with E-state index in [1.807, 2.05) is 30.3 Å². The van der Waals surface area contributed by atoms with E-state index in [0.29, 0.717) is 25.4 Å². The van der Waals surface area contributed by atoms with Crippen LogP contribution in [-0.2, 0) is 22.6 Å². The van der Waals surface area contributed by atoms with Crippen LogP contribution in [0.2, 0.25) is 0 Å². The van der Waals surface area contributed by atoms with Crippen LogP contribution in [0.25, 0.3) is 11.2 Å². The molecule has 0 amide bonds. The fourth-order valence-corrected chi connectivity index (χ4v) is 2.58. The van der Waals surface area contributed by atoms with Crippen LogP contribution in [-0.4, -0.2) is 50.6 Å². The molecule has 4 N–H and O–H groups in total. The number of nitrogens with zero attached hydrogens (tertiary/aromatic N) is 3. The Labute approximate surface area is 149 Å². The zero-order valence-electron chi connectivity index (χ0n) is 14.2. The summed E-state index contributed by atoms with van der Waals surface area (Å²) in [4.78, 5) is 22.5. The van der Waals surface area contributed by atoms with Crippen LogP contribution in [0.3, 0.4) is 0 Å². The van der Waals surface area contributed by atoms with Gasteiger partial charge in [0.2, 0.25) is 5.95 Å². The summed E-state index contributed by atoms with van der Waals surface area (Å²) in [5.74, 6) is 0.0254. The monoisotopic (exact) mass is 359 g/mol. The molecule has 0 saturated heterocycles. The van der Waals surface area contributed by atoms with Gasteiger partial charge in [-0.15, -0.1) is 0 Å². The molecular weight excluding hydrogens is 338 g/mol. The first kappa shape index (κ1) is 18.1. The number of nitrogen functional groups attached to an aromatic ring is 1. The van der Waals surface area contributed by atoms with Crippen molar-refractivity contribution in [3.8, 4) is 0 Å². The number of ether oxygens (including phenoxy) is 2. The molecule has 1 unspecified atom stereocenters. The minimum absolute atomic E-state index is 0.0254. The van der Waals surface area contributed by atoms with Crippen LogP contribution in [0.1, 0.15) is 5.56 Å². The van der Waals surface area contributed by atoms with Crippen LogP contribution in [0, 0.1) is 0 Å². The van der Waals surface area contributed by atoms with Crippen molar-refractivity contribution in [2.24, 2.45) is 0 Å². The number of hydrogen-bond donors (Lipinski definition) is 3. The molecule has 0 fully saturated rings. The molecular formula is C17H21N5O4. The molecule has 9 nitrogen and oxygen atoms in total. The molecule has 0 aliphatic heterocycles. The maximum absolute atomic E-state index is 11.9. The van der Waals surface area contributed by atoms with Crippen LogP contribution in [0.5, 0.6) is 0 Å². The van der Waals surface area contributed by atoms with Crippen molar-refractivity contribution < 1.29 is 14.6 Å². The van der Waals surface area contributed by atoms with Crippen molar-refractivity contribution in [3.05, 3.63) is 52.6 Å². The van der Waals surface area contributed by atoms with Gasteiger partial charge in [-0.3, -0.25) is 9.78 Å². The van der Waals surface area contributed by atoms with Crippen LogP contribution in [0.15, 0.2) is 41.5 Å². The average molecular weight is 359 g/mol. The zero-order chi connectivity index (χ0) is 18.4. The molecule has 1 aromatic carbocycles. The Morgan fingerprint density at radius 2 is 2.12 bits per heavy atom. The number of benzene rings is 1. The van der Waals surface area contributed by atoms with Crippen molar-refractivity contribution >= 4 is 17.1 Å². The second kappa shape index (κ2) is 8.56.